The van der Waals surface area contributed by atoms with Crippen molar-refractivity contribution in [1.82, 2.24) is 4.90 Å². The van der Waals surface area contributed by atoms with E-state index in [9.17, 15) is 9.59 Å². The maximum Gasteiger partial charge on any atom is 0.343 e. The minimum Gasteiger partial charge on any atom is -0.482 e. The molecule has 3 aromatic rings. The molecule has 0 unspecified atom stereocenters. The molecule has 3 aromatic carbocycles. The maximum absolute atomic E-state index is 12.6. The van der Waals surface area contributed by atoms with E-state index < -0.39 is 5.97 Å². The molecule has 0 N–H and O–H groups in total. The van der Waals surface area contributed by atoms with Crippen molar-refractivity contribution in [1.29, 1.82) is 5.26 Å². The third-order valence-corrected chi connectivity index (χ3v) is 5.92. The van der Waals surface area contributed by atoms with Crippen molar-refractivity contribution in [2.24, 2.45) is 0 Å². The monoisotopic (exact) mass is 508 g/mol. The molecule has 0 atom stereocenters. The summed E-state index contributed by atoms with van der Waals surface area (Å²) in [4.78, 5) is 25.5. The molecule has 0 radical (unpaired) electrons. The summed E-state index contributed by atoms with van der Waals surface area (Å²) in [5.74, 6) is 6.23. The third kappa shape index (κ3) is 9.15. The number of carbonyl (C=O) groups is 2. The second-order valence-corrected chi connectivity index (χ2v) is 8.84. The molecule has 0 fully saturated rings. The molecule has 0 heterocycles. The summed E-state index contributed by atoms with van der Waals surface area (Å²) >= 11 is 0. The number of ether oxygens (including phenoxy) is 2. The highest BCUT2D eigenvalue weighted by Crippen LogP contribution is 2.17. The van der Waals surface area contributed by atoms with Crippen molar-refractivity contribution < 1.29 is 19.1 Å². The van der Waals surface area contributed by atoms with Gasteiger partial charge in [-0.05, 0) is 65.9 Å². The number of esters is 1. The highest BCUT2D eigenvalue weighted by Gasteiger charge is 2.15. The molecule has 3 rings (SSSR count). The van der Waals surface area contributed by atoms with E-state index in [0.717, 1.165) is 28.7 Å². The van der Waals surface area contributed by atoms with Crippen LogP contribution in [0, 0.1) is 23.2 Å². The number of rotatable bonds is 11. The lowest BCUT2D eigenvalue weighted by Gasteiger charge is -2.22. The largest absolute Gasteiger partial charge is 0.482 e. The Morgan fingerprint density at radius 1 is 0.816 bits per heavy atom. The van der Waals surface area contributed by atoms with Crippen LogP contribution in [0.3, 0.4) is 0 Å². The standard InChI is InChI=1S/C32H32N2O4/c1-3-4-5-25-6-8-26(9-7-25)10-11-27-12-14-28(15-13-27)22-34(31(35)20-21-33)23-29-16-18-30(19-17-29)38-24-32(36)37-2/h6-9,12-19H,3-5,20,22-24H2,1-2H3. The van der Waals surface area contributed by atoms with Crippen LogP contribution in [0.25, 0.3) is 0 Å². The lowest BCUT2D eigenvalue weighted by Crippen LogP contribution is -2.29. The van der Waals surface area contributed by atoms with Crippen LogP contribution in [0.1, 0.15) is 54.0 Å². The number of hydrogen-bond donors (Lipinski definition) is 0. The van der Waals surface area contributed by atoms with Crippen molar-refractivity contribution >= 4 is 11.9 Å². The van der Waals surface area contributed by atoms with Gasteiger partial charge in [0.2, 0.25) is 5.91 Å². The number of hydrogen-bond acceptors (Lipinski definition) is 5. The van der Waals surface area contributed by atoms with Crippen LogP contribution >= 0.6 is 0 Å². The molecule has 0 aliphatic heterocycles. The van der Waals surface area contributed by atoms with E-state index >= 15 is 0 Å². The second kappa shape index (κ2) is 14.9. The Balaban J connectivity index is 1.63. The molecule has 0 bridgehead atoms. The first-order valence-corrected chi connectivity index (χ1v) is 12.6. The first-order chi connectivity index (χ1) is 18.5. The molecular formula is C32H32N2O4. The summed E-state index contributed by atoms with van der Waals surface area (Å²) in [5.41, 5.74) is 5.02. The molecule has 0 aliphatic rings. The zero-order valence-electron chi connectivity index (χ0n) is 21.9. The van der Waals surface area contributed by atoms with Crippen LogP contribution in [0.15, 0.2) is 72.8 Å². The number of aryl methyl sites for hydroxylation is 1. The van der Waals surface area contributed by atoms with E-state index in [1.54, 1.807) is 17.0 Å². The number of unbranched alkanes of at least 4 members (excludes halogenated alkanes) is 1. The van der Waals surface area contributed by atoms with Gasteiger partial charge >= 0.3 is 5.97 Å². The summed E-state index contributed by atoms with van der Waals surface area (Å²) < 4.78 is 9.94. The number of carbonyl (C=O) groups excluding carboxylic acids is 2. The van der Waals surface area contributed by atoms with Gasteiger partial charge in [0.25, 0.3) is 0 Å². The SMILES string of the molecule is CCCCc1ccc(C#Cc2ccc(CN(Cc3ccc(OCC(=O)OC)cc3)C(=O)CC#N)cc2)cc1. The average Bonchev–Trinajstić information content (AvgIpc) is 2.95. The van der Waals surface area contributed by atoms with Crippen LogP contribution in [0.4, 0.5) is 0 Å². The normalized spacial score (nSPS) is 10.0. The molecule has 0 aliphatic carbocycles. The van der Waals surface area contributed by atoms with Gasteiger partial charge in [-0.2, -0.15) is 5.26 Å². The van der Waals surface area contributed by atoms with Crippen molar-refractivity contribution in [2.45, 2.75) is 45.7 Å². The lowest BCUT2D eigenvalue weighted by atomic mass is 10.1. The van der Waals surface area contributed by atoms with Crippen LogP contribution < -0.4 is 4.74 Å². The smallest absolute Gasteiger partial charge is 0.343 e. The Hall–Kier alpha value is -4.55. The predicted octanol–water partition coefficient (Wildman–Crippen LogP) is 5.42. The van der Waals surface area contributed by atoms with Gasteiger partial charge in [-0.1, -0.05) is 61.6 Å². The molecule has 0 spiro atoms. The number of methoxy groups -OCH3 is 1. The molecule has 6 heteroatoms. The Morgan fingerprint density at radius 3 is 1.84 bits per heavy atom. The number of amides is 1. The zero-order chi connectivity index (χ0) is 27.2. The molecule has 1 amide bonds. The molecular weight excluding hydrogens is 476 g/mol. The van der Waals surface area contributed by atoms with E-state index in [0.29, 0.717) is 18.8 Å². The lowest BCUT2D eigenvalue weighted by molar-refractivity contribution is -0.143. The Labute approximate surface area is 224 Å². The predicted molar refractivity (Wildman–Crippen MR) is 146 cm³/mol. The van der Waals surface area contributed by atoms with E-state index in [2.05, 4.69) is 47.8 Å². The average molecular weight is 509 g/mol. The van der Waals surface area contributed by atoms with Gasteiger partial charge in [-0.25, -0.2) is 4.79 Å². The fourth-order valence-corrected chi connectivity index (χ4v) is 3.72. The summed E-state index contributed by atoms with van der Waals surface area (Å²) in [6.45, 7) is 2.73. The van der Waals surface area contributed by atoms with Crippen LogP contribution in [0.5, 0.6) is 5.75 Å². The molecule has 0 aromatic heterocycles. The van der Waals surface area contributed by atoms with Crippen LogP contribution in [-0.2, 0) is 33.8 Å². The first kappa shape index (κ1) is 28.0. The molecule has 6 nitrogen and oxygen atoms in total. The maximum atomic E-state index is 12.6. The van der Waals surface area contributed by atoms with E-state index in [4.69, 9.17) is 10.00 Å². The summed E-state index contributed by atoms with van der Waals surface area (Å²) in [6.07, 6.45) is 3.28. The quantitative estimate of drug-likeness (QED) is 0.255. The van der Waals surface area contributed by atoms with Crippen molar-refractivity contribution in [3.63, 3.8) is 0 Å². The van der Waals surface area contributed by atoms with Gasteiger partial charge < -0.3 is 14.4 Å². The van der Waals surface area contributed by atoms with Gasteiger partial charge in [0, 0.05) is 24.2 Å². The molecule has 0 saturated carbocycles. The highest BCUT2D eigenvalue weighted by atomic mass is 16.6. The van der Waals surface area contributed by atoms with Gasteiger partial charge in [0.05, 0.1) is 13.2 Å². The van der Waals surface area contributed by atoms with E-state index in [1.807, 2.05) is 42.5 Å². The molecule has 194 valence electrons. The fraction of sp³-hybridized carbons (Fsp3) is 0.281. The molecule has 38 heavy (non-hydrogen) atoms. The summed E-state index contributed by atoms with van der Waals surface area (Å²) in [7, 11) is 1.30. The van der Waals surface area contributed by atoms with Crippen molar-refractivity contribution in [3.05, 3.63) is 101 Å². The molecule has 0 saturated heterocycles. The Morgan fingerprint density at radius 2 is 1.34 bits per heavy atom. The van der Waals surface area contributed by atoms with E-state index in [1.165, 1.54) is 25.5 Å². The minimum atomic E-state index is -0.462. The first-order valence-electron chi connectivity index (χ1n) is 12.6. The minimum absolute atomic E-state index is 0.172. The third-order valence-electron chi connectivity index (χ3n) is 5.92. The number of nitriles is 1. The van der Waals surface area contributed by atoms with Crippen molar-refractivity contribution in [2.75, 3.05) is 13.7 Å². The van der Waals surface area contributed by atoms with Gasteiger partial charge in [0.1, 0.15) is 12.2 Å². The Bertz CT molecular complexity index is 1300. The topological polar surface area (TPSA) is 79.6 Å². The summed E-state index contributed by atoms with van der Waals surface area (Å²) in [6, 6.07) is 25.2. The second-order valence-electron chi connectivity index (χ2n) is 8.84. The van der Waals surface area contributed by atoms with E-state index in [-0.39, 0.29) is 18.9 Å². The number of nitrogens with zero attached hydrogens (tertiary/aromatic N) is 2. The number of benzene rings is 3. The van der Waals surface area contributed by atoms with Gasteiger partial charge in [-0.15, -0.1) is 0 Å². The summed E-state index contributed by atoms with van der Waals surface area (Å²) in [5, 5.41) is 9.05. The van der Waals surface area contributed by atoms with Crippen LogP contribution in [-0.4, -0.2) is 30.5 Å². The highest BCUT2D eigenvalue weighted by molar-refractivity contribution is 5.78. The van der Waals surface area contributed by atoms with Gasteiger partial charge in [0.15, 0.2) is 6.61 Å². The Kier molecular flexibility index (Phi) is 11.0. The van der Waals surface area contributed by atoms with Crippen molar-refractivity contribution in [3.8, 4) is 23.7 Å². The zero-order valence-corrected chi connectivity index (χ0v) is 21.9. The van der Waals surface area contributed by atoms with Gasteiger partial charge in [-0.3, -0.25) is 4.79 Å². The van der Waals surface area contributed by atoms with Crippen LogP contribution in [0.2, 0.25) is 0 Å². The fourth-order valence-electron chi connectivity index (χ4n) is 3.72.